The molecule has 168 valence electrons. The van der Waals surface area contributed by atoms with Crippen LogP contribution in [0.15, 0.2) is 126 Å². The van der Waals surface area contributed by atoms with Gasteiger partial charge < -0.3 is 9.84 Å². The summed E-state index contributed by atoms with van der Waals surface area (Å²) < 4.78 is 6.99. The molecule has 0 saturated carbocycles. The Balaban J connectivity index is 1.58. The lowest BCUT2D eigenvalue weighted by molar-refractivity contribution is 0.162. The third kappa shape index (κ3) is 3.68. The van der Waals surface area contributed by atoms with Gasteiger partial charge >= 0.3 is 0 Å². The molecule has 0 aliphatic carbocycles. The number of phenolic OH excluding ortho intramolecular Hbond substituents is 1. The first kappa shape index (κ1) is 20.9. The molecular weight excluding hydrogens is 430 g/mol. The van der Waals surface area contributed by atoms with Crippen LogP contribution in [0.2, 0.25) is 0 Å². The summed E-state index contributed by atoms with van der Waals surface area (Å²) in [6.07, 6.45) is 5.98. The average Bonchev–Trinajstić information content (AvgIpc) is 2.93. The molecular formula is C32H23NO2. The lowest BCUT2D eigenvalue weighted by Gasteiger charge is -2.37. The van der Waals surface area contributed by atoms with E-state index in [9.17, 15) is 5.11 Å². The Morgan fingerprint density at radius 2 is 1.34 bits per heavy atom. The van der Waals surface area contributed by atoms with Crippen LogP contribution in [0.3, 0.4) is 0 Å². The van der Waals surface area contributed by atoms with Crippen LogP contribution in [0.1, 0.15) is 22.3 Å². The van der Waals surface area contributed by atoms with Gasteiger partial charge in [0.25, 0.3) is 0 Å². The average molecular weight is 454 g/mol. The maximum Gasteiger partial charge on any atom is 0.178 e. The second-order valence-corrected chi connectivity index (χ2v) is 8.58. The monoisotopic (exact) mass is 453 g/mol. The fourth-order valence-electron chi connectivity index (χ4n) is 4.69. The minimum Gasteiger partial charge on any atom is -0.507 e. The highest BCUT2D eigenvalue weighted by molar-refractivity contribution is 5.99. The SMILES string of the molecule is Oc1ccccc1C=Nc1cc2ccccc2c2c1OC(c1ccccc1)(c1ccccc1)C=C2. The second-order valence-electron chi connectivity index (χ2n) is 8.58. The van der Waals surface area contributed by atoms with Crippen molar-refractivity contribution < 1.29 is 9.84 Å². The molecule has 5 aromatic carbocycles. The Morgan fingerprint density at radius 3 is 2.06 bits per heavy atom. The van der Waals surface area contributed by atoms with Gasteiger partial charge in [-0.05, 0) is 41.1 Å². The van der Waals surface area contributed by atoms with Gasteiger partial charge in [-0.1, -0.05) is 97.1 Å². The zero-order valence-electron chi connectivity index (χ0n) is 19.0. The number of aromatic hydroxyl groups is 1. The maximum absolute atomic E-state index is 10.2. The molecule has 3 nitrogen and oxygen atoms in total. The first-order chi connectivity index (χ1) is 17.2. The molecule has 0 atom stereocenters. The molecule has 0 fully saturated rings. The molecule has 1 aliphatic rings. The largest absolute Gasteiger partial charge is 0.507 e. The molecule has 3 heteroatoms. The van der Waals surface area contributed by atoms with E-state index in [2.05, 4.69) is 48.6 Å². The number of ether oxygens (including phenoxy) is 1. The zero-order chi connectivity index (χ0) is 23.7. The fraction of sp³-hybridized carbons (Fsp3) is 0.0312. The lowest BCUT2D eigenvalue weighted by atomic mass is 9.83. The van der Waals surface area contributed by atoms with Gasteiger partial charge in [0.2, 0.25) is 0 Å². The van der Waals surface area contributed by atoms with E-state index in [0.717, 1.165) is 27.5 Å². The maximum atomic E-state index is 10.2. The van der Waals surface area contributed by atoms with Crippen molar-refractivity contribution in [3.8, 4) is 11.5 Å². The molecule has 0 amide bonds. The highest BCUT2D eigenvalue weighted by atomic mass is 16.5. The first-order valence-electron chi connectivity index (χ1n) is 11.6. The fourth-order valence-corrected chi connectivity index (χ4v) is 4.69. The number of benzene rings is 5. The quantitative estimate of drug-likeness (QED) is 0.284. The number of aliphatic imine (C=N–C) groups is 1. The Bertz CT molecular complexity index is 1530. The first-order valence-corrected chi connectivity index (χ1v) is 11.6. The van der Waals surface area contributed by atoms with Crippen molar-refractivity contribution in [3.63, 3.8) is 0 Å². The summed E-state index contributed by atoms with van der Waals surface area (Å²) in [6, 6.07) is 38.0. The van der Waals surface area contributed by atoms with E-state index in [0.29, 0.717) is 17.0 Å². The molecule has 1 aliphatic heterocycles. The van der Waals surface area contributed by atoms with Crippen molar-refractivity contribution in [2.45, 2.75) is 5.60 Å². The van der Waals surface area contributed by atoms with E-state index >= 15 is 0 Å². The van der Waals surface area contributed by atoms with Gasteiger partial charge in [-0.2, -0.15) is 0 Å². The smallest absolute Gasteiger partial charge is 0.178 e. The summed E-state index contributed by atoms with van der Waals surface area (Å²) in [6.45, 7) is 0. The summed E-state index contributed by atoms with van der Waals surface area (Å²) >= 11 is 0. The van der Waals surface area contributed by atoms with Crippen LogP contribution in [0.5, 0.6) is 11.5 Å². The van der Waals surface area contributed by atoms with E-state index < -0.39 is 5.60 Å². The van der Waals surface area contributed by atoms with Crippen molar-refractivity contribution in [3.05, 3.63) is 144 Å². The molecule has 5 aromatic rings. The van der Waals surface area contributed by atoms with Gasteiger partial charge in [0, 0.05) is 28.5 Å². The van der Waals surface area contributed by atoms with Crippen LogP contribution in [0.4, 0.5) is 5.69 Å². The number of nitrogens with zero attached hydrogens (tertiary/aromatic N) is 1. The van der Waals surface area contributed by atoms with E-state index in [-0.39, 0.29) is 5.75 Å². The number of para-hydroxylation sites is 1. The normalized spacial score (nSPS) is 14.1. The number of hydrogen-bond donors (Lipinski definition) is 1. The minimum atomic E-state index is -0.795. The third-order valence-electron chi connectivity index (χ3n) is 6.45. The molecule has 0 unspecified atom stereocenters. The van der Waals surface area contributed by atoms with Gasteiger partial charge in [0.05, 0.1) is 0 Å². The van der Waals surface area contributed by atoms with E-state index in [4.69, 9.17) is 9.73 Å². The molecule has 6 rings (SSSR count). The van der Waals surface area contributed by atoms with Crippen LogP contribution in [0, 0.1) is 0 Å². The topological polar surface area (TPSA) is 41.8 Å². The van der Waals surface area contributed by atoms with E-state index in [1.165, 1.54) is 0 Å². The van der Waals surface area contributed by atoms with Crippen molar-refractivity contribution in [2.75, 3.05) is 0 Å². The molecule has 0 radical (unpaired) electrons. The lowest BCUT2D eigenvalue weighted by Crippen LogP contribution is -2.34. The van der Waals surface area contributed by atoms with E-state index in [1.54, 1.807) is 18.3 Å². The second kappa shape index (κ2) is 8.62. The number of rotatable bonds is 4. The Morgan fingerprint density at radius 1 is 0.714 bits per heavy atom. The Labute approximate surface area is 204 Å². The predicted molar refractivity (Wildman–Crippen MR) is 143 cm³/mol. The molecule has 35 heavy (non-hydrogen) atoms. The van der Waals surface area contributed by atoms with Crippen LogP contribution < -0.4 is 4.74 Å². The molecule has 0 saturated heterocycles. The van der Waals surface area contributed by atoms with Gasteiger partial charge in [-0.3, -0.25) is 4.99 Å². The van der Waals surface area contributed by atoms with E-state index in [1.807, 2.05) is 66.7 Å². The highest BCUT2D eigenvalue weighted by Gasteiger charge is 2.38. The van der Waals surface area contributed by atoms with Crippen molar-refractivity contribution >= 4 is 28.8 Å². The standard InChI is InChI=1S/C32H23NO2/c34-30-18-10-8-12-24(30)22-33-29-21-23-11-7-9-17-27(23)28-19-20-32(35-31(28)29,25-13-3-1-4-14-25)26-15-5-2-6-16-26/h1-22,34H. The van der Waals surface area contributed by atoms with Crippen LogP contribution in [-0.2, 0) is 5.60 Å². The molecule has 1 N–H and O–H groups in total. The molecule has 0 bridgehead atoms. The summed E-state index contributed by atoms with van der Waals surface area (Å²) in [5, 5.41) is 12.4. The minimum absolute atomic E-state index is 0.189. The molecule has 1 heterocycles. The van der Waals surface area contributed by atoms with Crippen LogP contribution in [-0.4, -0.2) is 11.3 Å². The third-order valence-corrected chi connectivity index (χ3v) is 6.45. The summed E-state index contributed by atoms with van der Waals surface area (Å²) in [5.74, 6) is 0.903. The summed E-state index contributed by atoms with van der Waals surface area (Å²) in [7, 11) is 0. The van der Waals surface area contributed by atoms with Crippen LogP contribution in [0.25, 0.3) is 16.8 Å². The predicted octanol–water partition coefficient (Wildman–Crippen LogP) is 7.65. The number of hydrogen-bond acceptors (Lipinski definition) is 3. The Hall–Kier alpha value is -4.63. The summed E-state index contributed by atoms with van der Waals surface area (Å²) in [4.78, 5) is 4.81. The van der Waals surface area contributed by atoms with Crippen molar-refractivity contribution in [1.29, 1.82) is 0 Å². The van der Waals surface area contributed by atoms with Gasteiger partial charge in [0.15, 0.2) is 11.4 Å². The molecule has 0 spiro atoms. The Kier molecular flexibility index (Phi) is 5.16. The number of phenols is 1. The number of fused-ring (bicyclic) bond motifs is 3. The van der Waals surface area contributed by atoms with Crippen molar-refractivity contribution in [2.24, 2.45) is 4.99 Å². The highest BCUT2D eigenvalue weighted by Crippen LogP contribution is 2.48. The molecule has 0 aromatic heterocycles. The zero-order valence-corrected chi connectivity index (χ0v) is 19.0. The van der Waals surface area contributed by atoms with Crippen LogP contribution >= 0.6 is 0 Å². The van der Waals surface area contributed by atoms with Gasteiger partial charge in [0.1, 0.15) is 11.4 Å². The van der Waals surface area contributed by atoms with Gasteiger partial charge in [-0.15, -0.1) is 0 Å². The van der Waals surface area contributed by atoms with Gasteiger partial charge in [-0.25, -0.2) is 0 Å². The van der Waals surface area contributed by atoms with Crippen molar-refractivity contribution in [1.82, 2.24) is 0 Å². The summed E-state index contributed by atoms with van der Waals surface area (Å²) in [5.41, 5.74) is 3.64.